The molecule has 0 aliphatic rings. The minimum absolute atomic E-state index is 0.762. The lowest BCUT2D eigenvalue weighted by molar-refractivity contribution is 0.415. The van der Waals surface area contributed by atoms with Gasteiger partial charge in [-0.15, -0.1) is 11.3 Å². The monoisotopic (exact) mass is 359 g/mol. The van der Waals surface area contributed by atoms with Crippen molar-refractivity contribution in [2.45, 2.75) is 0 Å². The Morgan fingerprint density at radius 3 is 2.62 bits per heavy atom. The number of nitrogens with zero attached hydrogens (tertiary/aromatic N) is 2. The number of fused-ring (bicyclic) bond motifs is 1. The highest BCUT2D eigenvalue weighted by Gasteiger charge is 2.05. The smallest absolute Gasteiger partial charge is 0.203 e. The summed E-state index contributed by atoms with van der Waals surface area (Å²) in [5, 5.41) is 9.50. The van der Waals surface area contributed by atoms with Crippen LogP contribution < -0.4 is 10.2 Å². The maximum Gasteiger partial charge on any atom is 0.203 e. The number of ether oxygens (including phenoxy) is 1. The van der Waals surface area contributed by atoms with Crippen molar-refractivity contribution in [1.29, 1.82) is 0 Å². The van der Waals surface area contributed by atoms with Crippen LogP contribution in [0.4, 0.5) is 5.13 Å². The largest absolute Gasteiger partial charge is 0.497 e. The molecular formula is C21H17N3OS. The van der Waals surface area contributed by atoms with Gasteiger partial charge in [-0.2, -0.15) is 5.10 Å². The van der Waals surface area contributed by atoms with Gasteiger partial charge in [0.2, 0.25) is 5.13 Å². The summed E-state index contributed by atoms with van der Waals surface area (Å²) in [6, 6.07) is 22.4. The molecule has 26 heavy (non-hydrogen) atoms. The van der Waals surface area contributed by atoms with E-state index in [1.807, 2.05) is 41.8 Å². The molecule has 0 aliphatic heterocycles. The van der Waals surface area contributed by atoms with Crippen LogP contribution in [-0.4, -0.2) is 18.3 Å². The molecule has 5 heteroatoms. The molecule has 1 aromatic heterocycles. The third-order valence-corrected chi connectivity index (χ3v) is 4.79. The van der Waals surface area contributed by atoms with Gasteiger partial charge in [-0.3, -0.25) is 5.43 Å². The Bertz CT molecular complexity index is 1050. The van der Waals surface area contributed by atoms with Crippen LogP contribution in [0.3, 0.4) is 0 Å². The zero-order valence-corrected chi connectivity index (χ0v) is 15.0. The summed E-state index contributed by atoms with van der Waals surface area (Å²) >= 11 is 1.54. The van der Waals surface area contributed by atoms with E-state index in [-0.39, 0.29) is 0 Å². The van der Waals surface area contributed by atoms with Crippen molar-refractivity contribution in [1.82, 2.24) is 4.98 Å². The second kappa shape index (κ2) is 7.37. The molecule has 0 saturated carbocycles. The lowest BCUT2D eigenvalue weighted by atomic mass is 10.1. The lowest BCUT2D eigenvalue weighted by Gasteiger charge is -2.01. The Hall–Kier alpha value is -3.18. The molecule has 1 N–H and O–H groups in total. The molecule has 0 spiro atoms. The predicted molar refractivity (Wildman–Crippen MR) is 109 cm³/mol. The van der Waals surface area contributed by atoms with Crippen molar-refractivity contribution in [3.8, 4) is 17.0 Å². The van der Waals surface area contributed by atoms with E-state index in [4.69, 9.17) is 4.74 Å². The third kappa shape index (κ3) is 3.58. The van der Waals surface area contributed by atoms with Crippen LogP contribution in [0, 0.1) is 0 Å². The molecule has 4 nitrogen and oxygen atoms in total. The molecule has 0 atom stereocenters. The highest BCUT2D eigenvalue weighted by molar-refractivity contribution is 7.14. The number of aromatic nitrogens is 1. The van der Waals surface area contributed by atoms with Crippen LogP contribution in [0.25, 0.3) is 22.0 Å². The number of hydrogen-bond acceptors (Lipinski definition) is 5. The van der Waals surface area contributed by atoms with Crippen molar-refractivity contribution >= 4 is 33.5 Å². The van der Waals surface area contributed by atoms with Gasteiger partial charge in [-0.25, -0.2) is 4.98 Å². The van der Waals surface area contributed by atoms with E-state index in [0.29, 0.717) is 0 Å². The van der Waals surface area contributed by atoms with Gasteiger partial charge in [-0.05, 0) is 46.7 Å². The fourth-order valence-corrected chi connectivity index (χ4v) is 3.33. The zero-order valence-electron chi connectivity index (χ0n) is 14.2. The van der Waals surface area contributed by atoms with Crippen molar-refractivity contribution in [3.05, 3.63) is 77.7 Å². The molecule has 0 radical (unpaired) electrons. The summed E-state index contributed by atoms with van der Waals surface area (Å²) in [7, 11) is 1.65. The molecule has 0 fully saturated rings. The second-order valence-corrected chi connectivity index (χ2v) is 6.60. The minimum atomic E-state index is 0.762. The van der Waals surface area contributed by atoms with Crippen molar-refractivity contribution < 1.29 is 4.74 Å². The van der Waals surface area contributed by atoms with Crippen LogP contribution in [0.2, 0.25) is 0 Å². The Morgan fingerprint density at radius 1 is 1.00 bits per heavy atom. The number of hydrogen-bond donors (Lipinski definition) is 1. The molecule has 0 bridgehead atoms. The molecule has 0 unspecified atom stereocenters. The standard InChI is InChI=1S/C21H17N3OS/c1-25-19-10-6-15(7-11-19)13-22-24-21-23-20(14-26-21)18-9-8-16-4-2-3-5-17(16)12-18/h2-14H,1H3,(H,23,24)/b22-13+. The van der Waals surface area contributed by atoms with E-state index in [0.717, 1.165) is 27.7 Å². The number of thiazole rings is 1. The molecule has 0 aliphatic carbocycles. The van der Waals surface area contributed by atoms with E-state index < -0.39 is 0 Å². The molecule has 0 saturated heterocycles. The molecule has 0 amide bonds. The third-order valence-electron chi connectivity index (χ3n) is 4.04. The maximum atomic E-state index is 5.15. The normalized spacial score (nSPS) is 11.1. The van der Waals surface area contributed by atoms with E-state index in [1.54, 1.807) is 13.3 Å². The maximum absolute atomic E-state index is 5.15. The number of methoxy groups -OCH3 is 1. The van der Waals surface area contributed by atoms with Gasteiger partial charge in [0.15, 0.2) is 0 Å². The Balaban J connectivity index is 1.47. The summed E-state index contributed by atoms with van der Waals surface area (Å²) in [6.45, 7) is 0. The van der Waals surface area contributed by atoms with E-state index in [9.17, 15) is 0 Å². The van der Waals surface area contributed by atoms with Crippen LogP contribution in [0.1, 0.15) is 5.56 Å². The second-order valence-electron chi connectivity index (χ2n) is 5.74. The molecule has 4 aromatic rings. The number of hydrazone groups is 1. The first-order valence-electron chi connectivity index (χ1n) is 8.20. The van der Waals surface area contributed by atoms with Crippen LogP contribution >= 0.6 is 11.3 Å². The Kier molecular flexibility index (Phi) is 4.62. The summed E-state index contributed by atoms with van der Waals surface area (Å²) < 4.78 is 5.15. The van der Waals surface area contributed by atoms with Gasteiger partial charge in [0.05, 0.1) is 19.0 Å². The van der Waals surface area contributed by atoms with Gasteiger partial charge >= 0.3 is 0 Å². The first-order chi connectivity index (χ1) is 12.8. The zero-order chi connectivity index (χ0) is 17.8. The number of benzene rings is 3. The first-order valence-corrected chi connectivity index (χ1v) is 9.07. The summed E-state index contributed by atoms with van der Waals surface area (Å²) in [5.41, 5.74) is 6.04. The highest BCUT2D eigenvalue weighted by Crippen LogP contribution is 2.27. The molecule has 3 aromatic carbocycles. The van der Waals surface area contributed by atoms with Crippen LogP contribution in [-0.2, 0) is 0 Å². The van der Waals surface area contributed by atoms with Crippen molar-refractivity contribution in [2.75, 3.05) is 12.5 Å². The molecular weight excluding hydrogens is 342 g/mol. The van der Waals surface area contributed by atoms with E-state index >= 15 is 0 Å². The summed E-state index contributed by atoms with van der Waals surface area (Å²) in [4.78, 5) is 4.62. The predicted octanol–water partition coefficient (Wildman–Crippen LogP) is 5.42. The van der Waals surface area contributed by atoms with Crippen LogP contribution in [0.5, 0.6) is 5.75 Å². The molecule has 1 heterocycles. The summed E-state index contributed by atoms with van der Waals surface area (Å²) in [5.74, 6) is 0.829. The van der Waals surface area contributed by atoms with Gasteiger partial charge in [0, 0.05) is 10.9 Å². The molecule has 4 rings (SSSR count). The number of nitrogens with one attached hydrogen (secondary N) is 1. The van der Waals surface area contributed by atoms with Crippen molar-refractivity contribution in [2.24, 2.45) is 5.10 Å². The number of anilines is 1. The Labute approximate surface area is 155 Å². The lowest BCUT2D eigenvalue weighted by Crippen LogP contribution is -1.90. The SMILES string of the molecule is COc1ccc(/C=N/Nc2nc(-c3ccc4ccccc4c3)cs2)cc1. The fraction of sp³-hybridized carbons (Fsp3) is 0.0476. The quantitative estimate of drug-likeness (QED) is 0.382. The minimum Gasteiger partial charge on any atom is -0.497 e. The van der Waals surface area contributed by atoms with Gasteiger partial charge in [0.25, 0.3) is 0 Å². The first kappa shape index (κ1) is 16.3. The fourth-order valence-electron chi connectivity index (χ4n) is 2.66. The summed E-state index contributed by atoms with van der Waals surface area (Å²) in [6.07, 6.45) is 1.76. The van der Waals surface area contributed by atoms with E-state index in [1.165, 1.54) is 22.1 Å². The van der Waals surface area contributed by atoms with Crippen LogP contribution in [0.15, 0.2) is 77.2 Å². The average Bonchev–Trinajstić information content (AvgIpc) is 3.17. The number of rotatable bonds is 5. The van der Waals surface area contributed by atoms with Gasteiger partial charge in [0.1, 0.15) is 5.75 Å². The van der Waals surface area contributed by atoms with Gasteiger partial charge < -0.3 is 4.74 Å². The molecule has 128 valence electrons. The van der Waals surface area contributed by atoms with Gasteiger partial charge in [-0.1, -0.05) is 36.4 Å². The topological polar surface area (TPSA) is 46.5 Å². The van der Waals surface area contributed by atoms with E-state index in [2.05, 4.69) is 45.8 Å². The average molecular weight is 359 g/mol. The van der Waals surface area contributed by atoms with Crippen molar-refractivity contribution in [3.63, 3.8) is 0 Å². The Morgan fingerprint density at radius 2 is 1.81 bits per heavy atom. The highest BCUT2D eigenvalue weighted by atomic mass is 32.1.